The largest absolute Gasteiger partial charge is 0.388 e. The van der Waals surface area contributed by atoms with Crippen molar-refractivity contribution in [2.24, 2.45) is 17.3 Å². The number of nitrogens with zero attached hydrogens (tertiary/aromatic N) is 1. The maximum atomic E-state index is 12.5. The zero-order valence-electron chi connectivity index (χ0n) is 22.2. The van der Waals surface area contributed by atoms with Crippen LogP contribution in [0, 0.1) is 17.3 Å². The van der Waals surface area contributed by atoms with Gasteiger partial charge in [0.05, 0.1) is 11.7 Å². The van der Waals surface area contributed by atoms with E-state index in [1.54, 1.807) is 6.20 Å². The highest BCUT2D eigenvalue weighted by Gasteiger charge is 2.57. The number of hydrogen-bond donors (Lipinski definition) is 4. The minimum absolute atomic E-state index is 0.0206. The number of likely N-dealkylation sites (N-methyl/N-ethyl adjacent to an activating group) is 1. The van der Waals surface area contributed by atoms with Gasteiger partial charge in [-0.2, -0.15) is 0 Å². The fourth-order valence-corrected chi connectivity index (χ4v) is 8.21. The smallest absolute Gasteiger partial charge is 0.255 e. The highest BCUT2D eigenvalue weighted by atomic mass is 16.3. The van der Waals surface area contributed by atoms with Crippen LogP contribution in [-0.4, -0.2) is 63.1 Å². The lowest BCUT2D eigenvalue weighted by Gasteiger charge is -2.50. The predicted molar refractivity (Wildman–Crippen MR) is 146 cm³/mol. The van der Waals surface area contributed by atoms with Crippen LogP contribution in [0.25, 0.3) is 16.3 Å². The molecule has 4 N–H and O–H groups in total. The standard InChI is InChI=1S/C31H38N2O4/c1-17-16-30(2)23(20-5-6-21-19(13-20)10-12-32-29(21)36)7-8-26(30)31(37)11-9-18-14-25(33(3)4)28(35)27(34)22(18)15-24(17)31/h5-7,10,12-13,15,18,25-28,34-35,37H,8-9,11,14,16H2,1-4H3,(H,32,36). The van der Waals surface area contributed by atoms with Gasteiger partial charge in [0.15, 0.2) is 0 Å². The van der Waals surface area contributed by atoms with Crippen molar-refractivity contribution in [1.29, 1.82) is 0 Å². The summed E-state index contributed by atoms with van der Waals surface area (Å²) < 4.78 is 0. The molecular formula is C31H38N2O4. The summed E-state index contributed by atoms with van der Waals surface area (Å²) in [6.45, 7) is 4.39. The second kappa shape index (κ2) is 8.50. The average Bonchev–Trinajstić information content (AvgIpc) is 3.11. The number of pyridine rings is 1. The van der Waals surface area contributed by atoms with Crippen LogP contribution in [-0.2, 0) is 0 Å². The number of H-pyrrole nitrogens is 1. The summed E-state index contributed by atoms with van der Waals surface area (Å²) in [7, 11) is 3.90. The Morgan fingerprint density at radius 2 is 1.95 bits per heavy atom. The fourth-order valence-electron chi connectivity index (χ4n) is 8.21. The summed E-state index contributed by atoms with van der Waals surface area (Å²) in [5, 5.41) is 36.1. The molecule has 0 aliphatic heterocycles. The first kappa shape index (κ1) is 24.8. The molecule has 2 aromatic rings. The van der Waals surface area contributed by atoms with Crippen molar-refractivity contribution >= 4 is 16.3 Å². The zero-order valence-corrected chi connectivity index (χ0v) is 22.2. The van der Waals surface area contributed by atoms with E-state index in [2.05, 4.69) is 31.0 Å². The quantitative estimate of drug-likeness (QED) is 0.501. The summed E-state index contributed by atoms with van der Waals surface area (Å²) in [5.41, 5.74) is 4.00. The molecule has 6 heteroatoms. The van der Waals surface area contributed by atoms with Crippen LogP contribution in [0.15, 0.2) is 64.1 Å². The minimum Gasteiger partial charge on any atom is -0.388 e. The van der Waals surface area contributed by atoms with Crippen LogP contribution >= 0.6 is 0 Å². The van der Waals surface area contributed by atoms with Crippen molar-refractivity contribution in [3.63, 3.8) is 0 Å². The Kier molecular flexibility index (Phi) is 5.70. The molecule has 0 saturated heterocycles. The molecule has 1 saturated carbocycles. The van der Waals surface area contributed by atoms with E-state index in [9.17, 15) is 20.1 Å². The number of aromatic nitrogens is 1. The Morgan fingerprint density at radius 1 is 1.16 bits per heavy atom. The Bertz CT molecular complexity index is 1420. The van der Waals surface area contributed by atoms with Gasteiger partial charge in [0, 0.05) is 29.0 Å². The number of rotatable bonds is 2. The third-order valence-corrected chi connectivity index (χ3v) is 10.1. The summed E-state index contributed by atoms with van der Waals surface area (Å²) in [5.74, 6) is 0.159. The van der Waals surface area contributed by atoms with Crippen LogP contribution in [0.5, 0.6) is 0 Å². The lowest BCUT2D eigenvalue weighted by atomic mass is 9.56. The second-order valence-electron chi connectivity index (χ2n) is 12.3. The normalized spacial score (nSPS) is 37.6. The predicted octanol–water partition coefficient (Wildman–Crippen LogP) is 3.78. The number of aliphatic hydroxyl groups is 3. The first-order valence-electron chi connectivity index (χ1n) is 13.5. The van der Waals surface area contributed by atoms with E-state index in [-0.39, 0.29) is 28.9 Å². The van der Waals surface area contributed by atoms with Gasteiger partial charge in [0.1, 0.15) is 6.10 Å². The molecule has 1 fully saturated rings. The molecule has 1 aromatic heterocycles. The van der Waals surface area contributed by atoms with Gasteiger partial charge in [0.2, 0.25) is 0 Å². The molecule has 4 aliphatic rings. The maximum Gasteiger partial charge on any atom is 0.255 e. The second-order valence-corrected chi connectivity index (χ2v) is 12.3. The molecule has 196 valence electrons. The Hall–Kier alpha value is -2.51. The zero-order chi connectivity index (χ0) is 26.3. The Balaban J connectivity index is 1.40. The van der Waals surface area contributed by atoms with Gasteiger partial charge in [-0.3, -0.25) is 4.79 Å². The molecule has 1 heterocycles. The highest BCUT2D eigenvalue weighted by Crippen LogP contribution is 2.63. The molecule has 4 aliphatic carbocycles. The lowest BCUT2D eigenvalue weighted by molar-refractivity contribution is -0.0481. The number of benzene rings is 1. The van der Waals surface area contributed by atoms with Gasteiger partial charge in [-0.05, 0) is 105 Å². The van der Waals surface area contributed by atoms with Crippen LogP contribution in [0.4, 0.5) is 0 Å². The van der Waals surface area contributed by atoms with Crippen LogP contribution in [0.1, 0.15) is 51.5 Å². The summed E-state index contributed by atoms with van der Waals surface area (Å²) >= 11 is 0. The number of nitrogens with one attached hydrogen (secondary N) is 1. The molecule has 0 radical (unpaired) electrons. The number of aromatic amines is 1. The number of fused-ring (bicyclic) bond motifs is 5. The molecule has 0 spiro atoms. The van der Waals surface area contributed by atoms with Crippen LogP contribution in [0.2, 0.25) is 0 Å². The van der Waals surface area contributed by atoms with E-state index in [1.165, 1.54) is 5.57 Å². The Morgan fingerprint density at radius 3 is 2.70 bits per heavy atom. The molecule has 37 heavy (non-hydrogen) atoms. The Labute approximate surface area is 218 Å². The summed E-state index contributed by atoms with van der Waals surface area (Å²) in [6, 6.07) is 7.88. The van der Waals surface area contributed by atoms with Gasteiger partial charge in [-0.15, -0.1) is 0 Å². The molecule has 1 aromatic carbocycles. The average molecular weight is 503 g/mol. The number of hydrogen-bond acceptors (Lipinski definition) is 5. The molecule has 7 unspecified atom stereocenters. The molecule has 6 nitrogen and oxygen atoms in total. The molecule has 7 atom stereocenters. The van der Waals surface area contributed by atoms with Gasteiger partial charge in [-0.25, -0.2) is 0 Å². The van der Waals surface area contributed by atoms with Gasteiger partial charge in [-0.1, -0.05) is 30.7 Å². The topological polar surface area (TPSA) is 96.8 Å². The lowest BCUT2D eigenvalue weighted by Crippen LogP contribution is -2.52. The van der Waals surface area contributed by atoms with Crippen molar-refractivity contribution in [3.8, 4) is 0 Å². The first-order valence-corrected chi connectivity index (χ1v) is 13.5. The highest BCUT2D eigenvalue weighted by molar-refractivity contribution is 5.87. The maximum absolute atomic E-state index is 12.5. The molecular weight excluding hydrogens is 464 g/mol. The van der Waals surface area contributed by atoms with E-state index in [4.69, 9.17) is 0 Å². The third-order valence-electron chi connectivity index (χ3n) is 10.1. The van der Waals surface area contributed by atoms with Crippen molar-refractivity contribution in [2.45, 2.75) is 69.8 Å². The third kappa shape index (κ3) is 3.57. The van der Waals surface area contributed by atoms with Gasteiger partial charge >= 0.3 is 0 Å². The summed E-state index contributed by atoms with van der Waals surface area (Å²) in [6.07, 6.45) is 8.09. The molecule has 0 amide bonds. The van der Waals surface area contributed by atoms with Gasteiger partial charge in [0.25, 0.3) is 5.56 Å². The van der Waals surface area contributed by atoms with E-state index in [1.807, 2.05) is 43.3 Å². The van der Waals surface area contributed by atoms with Crippen molar-refractivity contribution in [2.75, 3.05) is 14.1 Å². The number of allylic oxidation sites excluding steroid dienone is 3. The monoisotopic (exact) mass is 502 g/mol. The van der Waals surface area contributed by atoms with E-state index < -0.39 is 17.8 Å². The van der Waals surface area contributed by atoms with Crippen molar-refractivity contribution < 1.29 is 15.3 Å². The minimum atomic E-state index is -0.994. The van der Waals surface area contributed by atoms with E-state index >= 15 is 0 Å². The number of aliphatic hydroxyl groups excluding tert-OH is 2. The fraction of sp³-hybridized carbons (Fsp3) is 0.516. The van der Waals surface area contributed by atoms with E-state index in [0.717, 1.165) is 53.4 Å². The molecule has 0 bridgehead atoms. The van der Waals surface area contributed by atoms with Crippen molar-refractivity contribution in [3.05, 3.63) is 75.3 Å². The van der Waals surface area contributed by atoms with Crippen molar-refractivity contribution in [1.82, 2.24) is 9.88 Å². The summed E-state index contributed by atoms with van der Waals surface area (Å²) in [4.78, 5) is 17.0. The van der Waals surface area contributed by atoms with Crippen LogP contribution < -0.4 is 5.56 Å². The SMILES string of the molecule is CC1=C2C=C3C(CCC2(O)C2CC=C(c4ccc5c(=O)[nH]ccc5c4)C2(C)C1)CC(N(C)C)C(O)C3O. The first-order chi connectivity index (χ1) is 17.5. The van der Waals surface area contributed by atoms with Gasteiger partial charge < -0.3 is 25.2 Å². The van der Waals surface area contributed by atoms with E-state index in [0.29, 0.717) is 11.8 Å². The molecule has 6 rings (SSSR count). The van der Waals surface area contributed by atoms with Crippen LogP contribution in [0.3, 0.4) is 0 Å².